The molecule has 1 rings (SSSR count). The van der Waals surface area contributed by atoms with Crippen molar-refractivity contribution < 1.29 is 19.0 Å². The Morgan fingerprint density at radius 1 is 1.00 bits per heavy atom. The molecule has 0 spiro atoms. The van der Waals surface area contributed by atoms with E-state index in [1.165, 1.54) is 0 Å². The van der Waals surface area contributed by atoms with Gasteiger partial charge in [-0.05, 0) is 12.1 Å². The third-order valence-corrected chi connectivity index (χ3v) is 2.36. The lowest BCUT2D eigenvalue weighted by atomic mass is 10.1. The van der Waals surface area contributed by atoms with E-state index in [1.807, 2.05) is 12.1 Å². The number of hydrogen-bond donors (Lipinski definition) is 1. The van der Waals surface area contributed by atoms with Gasteiger partial charge in [0.15, 0.2) is 0 Å². The van der Waals surface area contributed by atoms with Gasteiger partial charge in [-0.25, -0.2) is 0 Å². The fourth-order valence-electron chi connectivity index (χ4n) is 1.65. The van der Waals surface area contributed by atoms with Crippen LogP contribution in [-0.2, 0) is 22.7 Å². The molecule has 0 unspecified atom stereocenters. The number of hydroxylamine groups is 1. The average Bonchev–Trinajstić information content (AvgIpc) is 2.36. The standard InChI is InChI=1S/C12H19NO4/c1-14-8-10-6-11(15-2)5-9(7-13-17-4)12(10)16-3/h5-6,13H,7-8H2,1-4H3. The van der Waals surface area contributed by atoms with E-state index >= 15 is 0 Å². The highest BCUT2D eigenvalue weighted by molar-refractivity contribution is 5.47. The molecule has 96 valence electrons. The van der Waals surface area contributed by atoms with Crippen molar-refractivity contribution in [3.05, 3.63) is 23.3 Å². The van der Waals surface area contributed by atoms with Gasteiger partial charge in [-0.15, -0.1) is 0 Å². The topological polar surface area (TPSA) is 49.0 Å². The van der Waals surface area contributed by atoms with Gasteiger partial charge in [0, 0.05) is 24.8 Å². The van der Waals surface area contributed by atoms with E-state index in [1.54, 1.807) is 28.4 Å². The fourth-order valence-corrected chi connectivity index (χ4v) is 1.65. The molecule has 0 saturated heterocycles. The molecule has 0 fully saturated rings. The van der Waals surface area contributed by atoms with Crippen LogP contribution in [0.25, 0.3) is 0 Å². The Balaban J connectivity index is 3.09. The molecule has 1 N–H and O–H groups in total. The average molecular weight is 241 g/mol. The predicted octanol–water partition coefficient (Wildman–Crippen LogP) is 1.50. The second-order valence-electron chi connectivity index (χ2n) is 3.44. The minimum absolute atomic E-state index is 0.473. The summed E-state index contributed by atoms with van der Waals surface area (Å²) in [5, 5.41) is 0. The van der Waals surface area contributed by atoms with Gasteiger partial charge in [0.1, 0.15) is 11.5 Å². The van der Waals surface area contributed by atoms with E-state index in [4.69, 9.17) is 19.0 Å². The minimum atomic E-state index is 0.473. The summed E-state index contributed by atoms with van der Waals surface area (Å²) in [7, 11) is 6.48. The van der Waals surface area contributed by atoms with E-state index in [2.05, 4.69) is 5.48 Å². The van der Waals surface area contributed by atoms with Gasteiger partial charge in [0.25, 0.3) is 0 Å². The monoisotopic (exact) mass is 241 g/mol. The van der Waals surface area contributed by atoms with Crippen LogP contribution in [-0.4, -0.2) is 28.4 Å². The van der Waals surface area contributed by atoms with Gasteiger partial charge in [-0.2, -0.15) is 5.48 Å². The zero-order valence-corrected chi connectivity index (χ0v) is 10.7. The van der Waals surface area contributed by atoms with Crippen molar-refractivity contribution in [3.63, 3.8) is 0 Å². The van der Waals surface area contributed by atoms with Crippen molar-refractivity contribution >= 4 is 0 Å². The Hall–Kier alpha value is -1.30. The highest BCUT2D eigenvalue weighted by Crippen LogP contribution is 2.30. The lowest BCUT2D eigenvalue weighted by Crippen LogP contribution is -2.12. The molecule has 0 radical (unpaired) electrons. The van der Waals surface area contributed by atoms with Crippen LogP contribution in [0.1, 0.15) is 11.1 Å². The molecule has 0 aliphatic carbocycles. The van der Waals surface area contributed by atoms with Gasteiger partial charge < -0.3 is 19.0 Å². The van der Waals surface area contributed by atoms with Gasteiger partial charge in [0.05, 0.1) is 27.9 Å². The van der Waals surface area contributed by atoms with Crippen LogP contribution in [0.15, 0.2) is 12.1 Å². The molecule has 17 heavy (non-hydrogen) atoms. The van der Waals surface area contributed by atoms with E-state index in [0.717, 1.165) is 22.6 Å². The van der Waals surface area contributed by atoms with Crippen LogP contribution < -0.4 is 15.0 Å². The number of nitrogens with one attached hydrogen (secondary N) is 1. The number of hydrogen-bond acceptors (Lipinski definition) is 5. The van der Waals surface area contributed by atoms with Crippen LogP contribution in [0.4, 0.5) is 0 Å². The second-order valence-corrected chi connectivity index (χ2v) is 3.44. The molecule has 0 saturated carbocycles. The van der Waals surface area contributed by atoms with Gasteiger partial charge in [0.2, 0.25) is 0 Å². The van der Waals surface area contributed by atoms with E-state index in [-0.39, 0.29) is 0 Å². The zero-order chi connectivity index (χ0) is 12.7. The lowest BCUT2D eigenvalue weighted by molar-refractivity contribution is 0.0859. The van der Waals surface area contributed by atoms with Crippen LogP contribution in [0, 0.1) is 0 Å². The molecule has 0 amide bonds. The first-order valence-corrected chi connectivity index (χ1v) is 5.25. The summed E-state index contributed by atoms with van der Waals surface area (Å²) >= 11 is 0. The Morgan fingerprint density at radius 2 is 1.71 bits per heavy atom. The Kier molecular flexibility index (Phi) is 5.76. The molecule has 0 bridgehead atoms. The molecule has 0 aliphatic rings. The van der Waals surface area contributed by atoms with Gasteiger partial charge in [-0.3, -0.25) is 0 Å². The Labute approximate surface area is 102 Å². The van der Waals surface area contributed by atoms with Crippen molar-refractivity contribution in [2.75, 3.05) is 28.4 Å². The van der Waals surface area contributed by atoms with Crippen LogP contribution in [0.5, 0.6) is 11.5 Å². The molecular formula is C12H19NO4. The molecular weight excluding hydrogens is 222 g/mol. The van der Waals surface area contributed by atoms with Crippen LogP contribution in [0.3, 0.4) is 0 Å². The maximum atomic E-state index is 5.39. The molecule has 5 heteroatoms. The lowest BCUT2D eigenvalue weighted by Gasteiger charge is -2.15. The van der Waals surface area contributed by atoms with Crippen molar-refractivity contribution in [2.24, 2.45) is 0 Å². The summed E-state index contributed by atoms with van der Waals surface area (Å²) in [4.78, 5) is 4.84. The van der Waals surface area contributed by atoms with Crippen molar-refractivity contribution in [3.8, 4) is 11.5 Å². The quantitative estimate of drug-likeness (QED) is 0.733. The van der Waals surface area contributed by atoms with Gasteiger partial charge in [-0.1, -0.05) is 0 Å². The van der Waals surface area contributed by atoms with Crippen LogP contribution >= 0.6 is 0 Å². The third kappa shape index (κ3) is 3.59. The second kappa shape index (κ2) is 7.11. The molecule has 1 aromatic rings. The third-order valence-electron chi connectivity index (χ3n) is 2.36. The molecule has 0 aromatic heterocycles. The summed E-state index contributed by atoms with van der Waals surface area (Å²) in [6, 6.07) is 3.81. The summed E-state index contributed by atoms with van der Waals surface area (Å²) in [6.07, 6.45) is 0. The van der Waals surface area contributed by atoms with E-state index in [0.29, 0.717) is 13.2 Å². The maximum Gasteiger partial charge on any atom is 0.129 e. The number of rotatable bonds is 7. The maximum absolute atomic E-state index is 5.39. The van der Waals surface area contributed by atoms with E-state index in [9.17, 15) is 0 Å². The normalized spacial score (nSPS) is 10.4. The number of methoxy groups -OCH3 is 3. The minimum Gasteiger partial charge on any atom is -0.497 e. The summed E-state index contributed by atoms with van der Waals surface area (Å²) in [6.45, 7) is 1.01. The summed E-state index contributed by atoms with van der Waals surface area (Å²) < 4.78 is 15.8. The highest BCUT2D eigenvalue weighted by Gasteiger charge is 2.12. The highest BCUT2D eigenvalue weighted by atomic mass is 16.6. The summed E-state index contributed by atoms with van der Waals surface area (Å²) in [5.41, 5.74) is 4.69. The first kappa shape index (κ1) is 13.8. The van der Waals surface area contributed by atoms with Crippen LogP contribution in [0.2, 0.25) is 0 Å². The summed E-state index contributed by atoms with van der Waals surface area (Å²) in [5.74, 6) is 1.56. The largest absolute Gasteiger partial charge is 0.497 e. The molecule has 1 aromatic carbocycles. The first-order chi connectivity index (χ1) is 8.26. The Bertz CT molecular complexity index is 355. The molecule has 0 heterocycles. The zero-order valence-electron chi connectivity index (χ0n) is 10.7. The molecule has 5 nitrogen and oxygen atoms in total. The SMILES string of the molecule is COCc1cc(OC)cc(CNOC)c1OC. The Morgan fingerprint density at radius 3 is 2.24 bits per heavy atom. The molecule has 0 atom stereocenters. The number of ether oxygens (including phenoxy) is 3. The van der Waals surface area contributed by atoms with Crippen molar-refractivity contribution in [2.45, 2.75) is 13.2 Å². The van der Waals surface area contributed by atoms with Crippen molar-refractivity contribution in [1.82, 2.24) is 5.48 Å². The fraction of sp³-hybridized carbons (Fsp3) is 0.500. The first-order valence-electron chi connectivity index (χ1n) is 5.25. The predicted molar refractivity (Wildman–Crippen MR) is 64.1 cm³/mol. The molecule has 0 aliphatic heterocycles. The van der Waals surface area contributed by atoms with Crippen molar-refractivity contribution in [1.29, 1.82) is 0 Å². The smallest absolute Gasteiger partial charge is 0.129 e. The number of benzene rings is 1. The van der Waals surface area contributed by atoms with E-state index < -0.39 is 0 Å². The van der Waals surface area contributed by atoms with Gasteiger partial charge >= 0.3 is 0 Å².